The fourth-order valence-electron chi connectivity index (χ4n) is 5.21. The second-order valence-electron chi connectivity index (χ2n) is 9.16. The van der Waals surface area contributed by atoms with Crippen LogP contribution < -0.4 is 9.63 Å². The first-order chi connectivity index (χ1) is 17.1. The monoisotopic (exact) mass is 519 g/mol. The number of carbonyl (C=O) groups is 1. The Morgan fingerprint density at radius 1 is 1.28 bits per heavy atom. The molecule has 0 N–H and O–H groups in total. The van der Waals surface area contributed by atoms with E-state index in [4.69, 9.17) is 11.6 Å². The first-order valence-corrected chi connectivity index (χ1v) is 11.7. The van der Waals surface area contributed by atoms with E-state index in [0.29, 0.717) is 45.9 Å². The van der Waals surface area contributed by atoms with E-state index in [0.717, 1.165) is 4.57 Å². The van der Waals surface area contributed by atoms with E-state index in [1.165, 1.54) is 6.20 Å². The molecule has 0 saturated carbocycles. The molecule has 4 heterocycles. The number of fused-ring (bicyclic) bond motifs is 2. The summed E-state index contributed by atoms with van der Waals surface area (Å²) in [6.07, 6.45) is -2.87. The number of aromatic nitrogens is 4. The topological polar surface area (TPSA) is 105 Å². The Hall–Kier alpha value is -3.59. The van der Waals surface area contributed by atoms with E-state index >= 15 is 0 Å². The Morgan fingerprint density at radius 2 is 2.06 bits per heavy atom. The van der Waals surface area contributed by atoms with Crippen LogP contribution in [0.15, 0.2) is 24.4 Å². The molecule has 2 aromatic heterocycles. The molecule has 9 nitrogen and oxygen atoms in total. The lowest BCUT2D eigenvalue weighted by Gasteiger charge is -2.40. The maximum atomic E-state index is 13.4. The van der Waals surface area contributed by atoms with Crippen LogP contribution in [0, 0.1) is 28.4 Å². The van der Waals surface area contributed by atoms with Gasteiger partial charge in [0.15, 0.2) is 5.82 Å². The maximum absolute atomic E-state index is 13.4. The Morgan fingerprint density at radius 3 is 2.75 bits per heavy atom. The lowest BCUT2D eigenvalue weighted by Crippen LogP contribution is -2.49. The van der Waals surface area contributed by atoms with Gasteiger partial charge in [-0.25, -0.2) is 0 Å². The van der Waals surface area contributed by atoms with E-state index in [1.807, 2.05) is 11.8 Å². The van der Waals surface area contributed by atoms with E-state index in [-0.39, 0.29) is 48.8 Å². The Kier molecular flexibility index (Phi) is 5.90. The van der Waals surface area contributed by atoms with Crippen LogP contribution in [-0.2, 0) is 24.1 Å². The predicted molar refractivity (Wildman–Crippen MR) is 123 cm³/mol. The van der Waals surface area contributed by atoms with Crippen molar-refractivity contribution in [1.82, 2.24) is 19.7 Å². The van der Waals surface area contributed by atoms with E-state index in [2.05, 4.69) is 16.3 Å². The van der Waals surface area contributed by atoms with Crippen LogP contribution >= 0.6 is 11.6 Å². The summed E-state index contributed by atoms with van der Waals surface area (Å²) >= 11 is 6.18. The van der Waals surface area contributed by atoms with Crippen LogP contribution in [-0.4, -0.2) is 45.2 Å². The molecule has 36 heavy (non-hydrogen) atoms. The number of rotatable bonds is 2. The molecule has 0 unspecified atom stereocenters. The fraction of sp³-hybridized carbons (Fsp3) is 0.435. The van der Waals surface area contributed by atoms with Crippen molar-refractivity contribution >= 4 is 34.1 Å². The standard InChI is InChI=1S/C23H21ClF3N7O2/c1-13-10-31(20-14(9-28)11-34(36)18-3-2-15(24)8-17(18)20)5-4-16(13)21(35)32-6-7-33-19(12-32)29-30-22(33)23(25,26)27/h2-3,8,11,13,16H,4-7,10,12H2,1H3/t13-,16+/m1/s1. The van der Waals surface area contributed by atoms with Gasteiger partial charge in [-0.2, -0.15) is 23.2 Å². The number of piperidine rings is 1. The van der Waals surface area contributed by atoms with Gasteiger partial charge < -0.3 is 19.6 Å². The minimum absolute atomic E-state index is 0.0202. The van der Waals surface area contributed by atoms with Crippen LogP contribution in [0.2, 0.25) is 5.02 Å². The van der Waals surface area contributed by atoms with Crippen LogP contribution in [0.5, 0.6) is 0 Å². The summed E-state index contributed by atoms with van der Waals surface area (Å²) in [6, 6.07) is 6.96. The summed E-state index contributed by atoms with van der Waals surface area (Å²) < 4.78 is 41.0. The second-order valence-corrected chi connectivity index (χ2v) is 9.59. The quantitative estimate of drug-likeness (QED) is 0.380. The molecule has 1 aromatic carbocycles. The Labute approximate surface area is 208 Å². The molecule has 0 bridgehead atoms. The third-order valence-electron chi connectivity index (χ3n) is 6.93. The van der Waals surface area contributed by atoms with Crippen molar-refractivity contribution < 1.29 is 22.7 Å². The summed E-state index contributed by atoms with van der Waals surface area (Å²) in [6.45, 7) is 2.94. The van der Waals surface area contributed by atoms with E-state index in [9.17, 15) is 28.4 Å². The Balaban J connectivity index is 1.36. The summed E-state index contributed by atoms with van der Waals surface area (Å²) in [5, 5.41) is 30.0. The molecule has 1 amide bonds. The van der Waals surface area contributed by atoms with Crippen LogP contribution in [0.25, 0.3) is 10.9 Å². The number of hydrogen-bond acceptors (Lipinski definition) is 6. The number of amides is 1. The number of benzene rings is 1. The average molecular weight is 520 g/mol. The van der Waals surface area contributed by atoms with Gasteiger partial charge in [0.2, 0.25) is 23.4 Å². The second kappa shape index (κ2) is 8.81. The average Bonchev–Trinajstić information content (AvgIpc) is 3.27. The van der Waals surface area contributed by atoms with Gasteiger partial charge in [0, 0.05) is 43.2 Å². The largest absolute Gasteiger partial charge is 0.618 e. The fourth-order valence-corrected chi connectivity index (χ4v) is 5.38. The molecule has 2 aliphatic rings. The van der Waals surface area contributed by atoms with Crippen molar-refractivity contribution in [2.75, 3.05) is 24.5 Å². The highest BCUT2D eigenvalue weighted by molar-refractivity contribution is 6.31. The predicted octanol–water partition coefficient (Wildman–Crippen LogP) is 3.11. The smallest absolute Gasteiger partial charge is 0.451 e. The van der Waals surface area contributed by atoms with Gasteiger partial charge in [0.05, 0.1) is 17.6 Å². The van der Waals surface area contributed by atoms with Gasteiger partial charge in [-0.1, -0.05) is 18.5 Å². The van der Waals surface area contributed by atoms with Crippen molar-refractivity contribution in [1.29, 1.82) is 5.26 Å². The molecule has 0 spiro atoms. The molecular formula is C23H21ClF3N7O2. The Bertz CT molecular complexity index is 1400. The van der Waals surface area contributed by atoms with E-state index in [1.54, 1.807) is 23.1 Å². The highest BCUT2D eigenvalue weighted by Crippen LogP contribution is 2.36. The zero-order chi connectivity index (χ0) is 25.8. The number of alkyl halides is 3. The molecule has 2 aliphatic heterocycles. The molecular weight excluding hydrogens is 499 g/mol. The number of hydrogen-bond donors (Lipinski definition) is 0. The summed E-state index contributed by atoms with van der Waals surface area (Å²) in [4.78, 5) is 16.9. The zero-order valence-corrected chi connectivity index (χ0v) is 19.9. The van der Waals surface area contributed by atoms with Crippen LogP contribution in [0.1, 0.15) is 30.6 Å². The number of nitrogens with zero attached hydrogens (tertiary/aromatic N) is 7. The SMILES string of the molecule is C[C@@H]1CN(c2c(C#N)c[n+]([O-])c3ccc(Cl)cc23)CC[C@@H]1C(=O)N1CCn2c(nnc2C(F)(F)F)C1. The van der Waals surface area contributed by atoms with Crippen LogP contribution in [0.4, 0.5) is 18.9 Å². The summed E-state index contributed by atoms with van der Waals surface area (Å²) in [5.74, 6) is -1.52. The lowest BCUT2D eigenvalue weighted by atomic mass is 9.85. The molecule has 2 atom stereocenters. The maximum Gasteiger partial charge on any atom is 0.451 e. The van der Waals surface area contributed by atoms with Crippen molar-refractivity contribution in [3.05, 3.63) is 51.8 Å². The van der Waals surface area contributed by atoms with Crippen molar-refractivity contribution in [3.8, 4) is 6.07 Å². The normalized spacial score (nSPS) is 20.3. The van der Waals surface area contributed by atoms with E-state index < -0.39 is 12.0 Å². The summed E-state index contributed by atoms with van der Waals surface area (Å²) in [7, 11) is 0. The molecule has 3 aromatic rings. The highest BCUT2D eigenvalue weighted by Gasteiger charge is 2.41. The van der Waals surface area contributed by atoms with Crippen molar-refractivity contribution in [2.45, 2.75) is 32.6 Å². The zero-order valence-electron chi connectivity index (χ0n) is 19.2. The van der Waals surface area contributed by atoms with Gasteiger partial charge in [0.1, 0.15) is 11.6 Å². The molecule has 0 radical (unpaired) electrons. The third-order valence-corrected chi connectivity index (χ3v) is 7.17. The van der Waals surface area contributed by atoms with Gasteiger partial charge in [-0.15, -0.1) is 10.2 Å². The molecule has 13 heteroatoms. The number of anilines is 1. The van der Waals surface area contributed by atoms with Gasteiger partial charge in [0.25, 0.3) is 0 Å². The summed E-state index contributed by atoms with van der Waals surface area (Å²) in [5.41, 5.74) is 1.20. The van der Waals surface area contributed by atoms with Gasteiger partial charge in [-0.05, 0) is 24.5 Å². The third kappa shape index (κ3) is 4.07. The van der Waals surface area contributed by atoms with Crippen molar-refractivity contribution in [3.63, 3.8) is 0 Å². The number of halogens is 4. The number of pyridine rings is 1. The van der Waals surface area contributed by atoms with Crippen molar-refractivity contribution in [2.24, 2.45) is 11.8 Å². The minimum atomic E-state index is -4.60. The number of nitriles is 1. The molecule has 188 valence electrons. The first kappa shape index (κ1) is 24.1. The molecule has 0 aliphatic carbocycles. The van der Waals surface area contributed by atoms with Gasteiger partial charge in [-0.3, -0.25) is 4.79 Å². The van der Waals surface area contributed by atoms with Crippen LogP contribution in [0.3, 0.4) is 0 Å². The first-order valence-electron chi connectivity index (χ1n) is 11.4. The minimum Gasteiger partial charge on any atom is -0.618 e. The van der Waals surface area contributed by atoms with Gasteiger partial charge >= 0.3 is 6.18 Å². The molecule has 1 saturated heterocycles. The molecule has 5 rings (SSSR count). The number of carbonyl (C=O) groups excluding carboxylic acids is 1. The lowest BCUT2D eigenvalue weighted by molar-refractivity contribution is -0.577. The molecule has 1 fully saturated rings. The highest BCUT2D eigenvalue weighted by atomic mass is 35.5.